The number of ether oxygens (including phenoxy) is 1. The Labute approximate surface area is 145 Å². The van der Waals surface area contributed by atoms with Crippen molar-refractivity contribution in [2.45, 2.75) is 38.6 Å². The van der Waals surface area contributed by atoms with Gasteiger partial charge in [0, 0.05) is 6.42 Å². The fourth-order valence-electron chi connectivity index (χ4n) is 2.62. The van der Waals surface area contributed by atoms with Crippen LogP contribution in [0.15, 0.2) is 30.3 Å². The van der Waals surface area contributed by atoms with E-state index in [1.165, 1.54) is 0 Å². The monoisotopic (exact) mass is 347 g/mol. The number of hydrogen-bond donors (Lipinski definition) is 2. The molecule has 2 rings (SSSR count). The Hall–Kier alpha value is -2.90. The highest BCUT2D eigenvalue weighted by Crippen LogP contribution is 2.31. The number of esters is 1. The summed E-state index contributed by atoms with van der Waals surface area (Å²) in [6.07, 6.45) is 1.12. The molecule has 0 unspecified atom stereocenters. The summed E-state index contributed by atoms with van der Waals surface area (Å²) in [6.45, 7) is 3.02. The van der Waals surface area contributed by atoms with E-state index in [1.807, 2.05) is 6.92 Å². The number of nitrogens with zero attached hydrogens (tertiary/aromatic N) is 1. The number of amides is 4. The van der Waals surface area contributed by atoms with Crippen molar-refractivity contribution in [2.75, 3.05) is 6.61 Å². The first kappa shape index (κ1) is 18.4. The minimum absolute atomic E-state index is 0.198. The first-order valence-electron chi connectivity index (χ1n) is 8.12. The number of urea groups is 1. The van der Waals surface area contributed by atoms with Crippen molar-refractivity contribution in [3.8, 4) is 0 Å². The standard InChI is InChI=1S/C17H21N3O5/c1-3-8-14(22)25-11-13(21)19-20-15(23)17(4-2,18-16(20)24)12-9-6-5-7-10-12/h5-7,9-10H,3-4,8,11H2,1-2H3,(H,18,24)(H,19,21)/t17-/m1/s1. The highest BCUT2D eigenvalue weighted by molar-refractivity contribution is 6.08. The van der Waals surface area contributed by atoms with Crippen LogP contribution in [0.3, 0.4) is 0 Å². The molecule has 1 atom stereocenters. The highest BCUT2D eigenvalue weighted by Gasteiger charge is 2.52. The second kappa shape index (κ2) is 7.78. The third-order valence-corrected chi connectivity index (χ3v) is 3.94. The molecule has 25 heavy (non-hydrogen) atoms. The Kier molecular flexibility index (Phi) is 5.74. The molecule has 1 aromatic carbocycles. The Bertz CT molecular complexity index is 676. The lowest BCUT2D eigenvalue weighted by molar-refractivity contribution is -0.150. The Morgan fingerprint density at radius 3 is 2.48 bits per heavy atom. The summed E-state index contributed by atoms with van der Waals surface area (Å²) in [5.41, 5.74) is 1.59. The number of carbonyl (C=O) groups excluding carboxylic acids is 4. The summed E-state index contributed by atoms with van der Waals surface area (Å²) < 4.78 is 4.77. The zero-order valence-electron chi connectivity index (χ0n) is 14.2. The largest absolute Gasteiger partial charge is 0.455 e. The molecular weight excluding hydrogens is 326 g/mol. The SMILES string of the molecule is CCCC(=O)OCC(=O)NN1C(=O)N[C@](CC)(c2ccccc2)C1=O. The van der Waals surface area contributed by atoms with Gasteiger partial charge in [-0.3, -0.25) is 19.8 Å². The molecule has 2 N–H and O–H groups in total. The van der Waals surface area contributed by atoms with Crippen LogP contribution in [-0.4, -0.2) is 35.4 Å². The first-order chi connectivity index (χ1) is 11.9. The zero-order valence-corrected chi connectivity index (χ0v) is 14.2. The van der Waals surface area contributed by atoms with E-state index in [2.05, 4.69) is 10.7 Å². The molecule has 1 fully saturated rings. The van der Waals surface area contributed by atoms with Gasteiger partial charge >= 0.3 is 12.0 Å². The molecule has 1 aliphatic rings. The van der Waals surface area contributed by atoms with Crippen LogP contribution < -0.4 is 10.7 Å². The molecule has 4 amide bonds. The predicted octanol–water partition coefficient (Wildman–Crippen LogP) is 1.22. The van der Waals surface area contributed by atoms with Gasteiger partial charge in [-0.2, -0.15) is 5.01 Å². The summed E-state index contributed by atoms with van der Waals surface area (Å²) in [4.78, 5) is 48.1. The van der Waals surface area contributed by atoms with Crippen molar-refractivity contribution < 1.29 is 23.9 Å². The van der Waals surface area contributed by atoms with E-state index in [9.17, 15) is 19.2 Å². The van der Waals surface area contributed by atoms with Gasteiger partial charge in [0.2, 0.25) is 0 Å². The van der Waals surface area contributed by atoms with Crippen LogP contribution in [0.25, 0.3) is 0 Å². The van der Waals surface area contributed by atoms with Crippen LogP contribution in [0.5, 0.6) is 0 Å². The highest BCUT2D eigenvalue weighted by atomic mass is 16.5. The van der Waals surface area contributed by atoms with Gasteiger partial charge in [0.25, 0.3) is 11.8 Å². The normalized spacial score (nSPS) is 19.5. The second-order valence-electron chi connectivity index (χ2n) is 5.64. The van der Waals surface area contributed by atoms with E-state index in [1.54, 1.807) is 37.3 Å². The van der Waals surface area contributed by atoms with Gasteiger partial charge in [-0.25, -0.2) is 4.79 Å². The van der Waals surface area contributed by atoms with Gasteiger partial charge in [0.05, 0.1) is 0 Å². The smallest absolute Gasteiger partial charge is 0.344 e. The van der Waals surface area contributed by atoms with Crippen LogP contribution in [0.1, 0.15) is 38.7 Å². The minimum Gasteiger partial charge on any atom is -0.455 e. The molecule has 0 radical (unpaired) electrons. The van der Waals surface area contributed by atoms with Crippen molar-refractivity contribution in [3.63, 3.8) is 0 Å². The van der Waals surface area contributed by atoms with Gasteiger partial charge in [-0.15, -0.1) is 0 Å². The topological polar surface area (TPSA) is 105 Å². The lowest BCUT2D eigenvalue weighted by Gasteiger charge is -2.25. The summed E-state index contributed by atoms with van der Waals surface area (Å²) in [7, 11) is 0. The van der Waals surface area contributed by atoms with E-state index in [-0.39, 0.29) is 6.42 Å². The van der Waals surface area contributed by atoms with E-state index < -0.39 is 36.0 Å². The Morgan fingerprint density at radius 1 is 1.20 bits per heavy atom. The van der Waals surface area contributed by atoms with Crippen molar-refractivity contribution in [3.05, 3.63) is 35.9 Å². The Balaban J connectivity index is 2.08. The first-order valence-corrected chi connectivity index (χ1v) is 8.12. The van der Waals surface area contributed by atoms with Gasteiger partial charge < -0.3 is 10.1 Å². The predicted molar refractivity (Wildman–Crippen MR) is 87.8 cm³/mol. The molecule has 0 aliphatic carbocycles. The number of benzene rings is 1. The lowest BCUT2D eigenvalue weighted by Crippen LogP contribution is -2.49. The molecule has 134 valence electrons. The fourth-order valence-corrected chi connectivity index (χ4v) is 2.62. The fraction of sp³-hybridized carbons (Fsp3) is 0.412. The van der Waals surface area contributed by atoms with Crippen LogP contribution in [-0.2, 0) is 24.7 Å². The van der Waals surface area contributed by atoms with E-state index >= 15 is 0 Å². The Morgan fingerprint density at radius 2 is 1.88 bits per heavy atom. The molecule has 1 aromatic rings. The third-order valence-electron chi connectivity index (χ3n) is 3.94. The van der Waals surface area contributed by atoms with Crippen molar-refractivity contribution in [1.29, 1.82) is 0 Å². The third kappa shape index (κ3) is 3.78. The average molecular weight is 347 g/mol. The average Bonchev–Trinajstić information content (AvgIpc) is 2.86. The quantitative estimate of drug-likeness (QED) is 0.570. The zero-order chi connectivity index (χ0) is 18.4. The van der Waals surface area contributed by atoms with Crippen molar-refractivity contribution >= 4 is 23.8 Å². The summed E-state index contributed by atoms with van der Waals surface area (Å²) in [6, 6.07) is 8.07. The maximum absolute atomic E-state index is 12.8. The van der Waals surface area contributed by atoms with Crippen LogP contribution in [0, 0.1) is 0 Å². The summed E-state index contributed by atoms with van der Waals surface area (Å²) in [5, 5.41) is 3.27. The number of carbonyl (C=O) groups is 4. The summed E-state index contributed by atoms with van der Waals surface area (Å²) >= 11 is 0. The van der Waals surface area contributed by atoms with Crippen molar-refractivity contribution in [2.24, 2.45) is 0 Å². The van der Waals surface area contributed by atoms with Crippen LogP contribution in [0.4, 0.5) is 4.79 Å². The van der Waals surface area contributed by atoms with Gasteiger partial charge in [-0.05, 0) is 18.4 Å². The van der Waals surface area contributed by atoms with E-state index in [0.717, 1.165) is 0 Å². The molecule has 1 heterocycles. The number of imide groups is 1. The number of rotatable bonds is 7. The summed E-state index contributed by atoms with van der Waals surface area (Å²) in [5.74, 6) is -1.85. The van der Waals surface area contributed by atoms with Gasteiger partial charge in [0.15, 0.2) is 6.61 Å². The number of hydrazine groups is 1. The molecule has 0 bridgehead atoms. The molecule has 0 saturated carbocycles. The minimum atomic E-state index is -1.23. The maximum atomic E-state index is 12.8. The molecule has 1 saturated heterocycles. The van der Waals surface area contributed by atoms with E-state index in [4.69, 9.17) is 4.74 Å². The molecule has 1 aliphatic heterocycles. The molecule has 0 aromatic heterocycles. The molecule has 8 nitrogen and oxygen atoms in total. The van der Waals surface area contributed by atoms with E-state index in [0.29, 0.717) is 23.4 Å². The lowest BCUT2D eigenvalue weighted by atomic mass is 9.87. The van der Waals surface area contributed by atoms with Crippen LogP contribution in [0.2, 0.25) is 0 Å². The maximum Gasteiger partial charge on any atom is 0.344 e. The second-order valence-corrected chi connectivity index (χ2v) is 5.64. The van der Waals surface area contributed by atoms with Gasteiger partial charge in [0.1, 0.15) is 5.54 Å². The molecule has 8 heteroatoms. The van der Waals surface area contributed by atoms with Gasteiger partial charge in [-0.1, -0.05) is 44.2 Å². The number of hydrogen-bond acceptors (Lipinski definition) is 5. The van der Waals surface area contributed by atoms with Crippen molar-refractivity contribution in [1.82, 2.24) is 15.8 Å². The molecule has 0 spiro atoms. The number of nitrogens with one attached hydrogen (secondary N) is 2. The molecular formula is C17H21N3O5. The van der Waals surface area contributed by atoms with Crippen LogP contribution >= 0.6 is 0 Å².